The average molecular weight is 637 g/mol. The van der Waals surface area contributed by atoms with Crippen LogP contribution in [0.5, 0.6) is 11.5 Å². The zero-order chi connectivity index (χ0) is 33.2. The number of para-hydroxylation sites is 2. The lowest BCUT2D eigenvalue weighted by molar-refractivity contribution is 0.484. The minimum atomic E-state index is 0.386. The second kappa shape index (κ2) is 11.3. The first-order valence-electron chi connectivity index (χ1n) is 17.0. The van der Waals surface area contributed by atoms with Crippen LogP contribution < -0.4 is 4.74 Å². The highest BCUT2D eigenvalue weighted by Gasteiger charge is 2.19. The van der Waals surface area contributed by atoms with Gasteiger partial charge < -0.3 is 4.74 Å². The fourth-order valence-electron chi connectivity index (χ4n) is 7.51. The standard InChI is InChI=1S/C44H36N4O/c1-27(2)33-11-9-12-34(28(3)4)44(33)47-26-46-43-39(47)22-18-30-16-15-29-17-19-31(24-37(29)42(30)43)49-32-20-21-36-35-10-5-6-13-38(35)48(40(36)25-32)41-14-7-8-23-45-41/h5-28H,1-4H3. The molecule has 0 radical (unpaired) electrons. The Hall–Kier alpha value is -5.94. The predicted octanol–water partition coefficient (Wildman–Crippen LogP) is 11.9. The van der Waals surface area contributed by atoms with Crippen LogP contribution >= 0.6 is 0 Å². The summed E-state index contributed by atoms with van der Waals surface area (Å²) in [6.07, 6.45) is 3.84. The molecule has 0 unspecified atom stereocenters. The van der Waals surface area contributed by atoms with Crippen LogP contribution in [0.4, 0.5) is 0 Å². The molecule has 0 spiro atoms. The van der Waals surface area contributed by atoms with Crippen LogP contribution in [-0.2, 0) is 0 Å². The maximum atomic E-state index is 6.64. The molecule has 0 aliphatic heterocycles. The molecule has 0 N–H and O–H groups in total. The van der Waals surface area contributed by atoms with Gasteiger partial charge in [-0.2, -0.15) is 0 Å². The van der Waals surface area contributed by atoms with Crippen molar-refractivity contribution in [2.75, 3.05) is 0 Å². The van der Waals surface area contributed by atoms with Crippen molar-refractivity contribution in [1.82, 2.24) is 19.1 Å². The van der Waals surface area contributed by atoms with E-state index in [2.05, 4.69) is 145 Å². The van der Waals surface area contributed by atoms with E-state index in [4.69, 9.17) is 9.72 Å². The number of rotatable bonds is 6. The van der Waals surface area contributed by atoms with Gasteiger partial charge in [-0.1, -0.05) is 94.4 Å². The van der Waals surface area contributed by atoms with E-state index >= 15 is 0 Å². The van der Waals surface area contributed by atoms with Gasteiger partial charge in [-0.3, -0.25) is 9.13 Å². The van der Waals surface area contributed by atoms with Crippen LogP contribution in [0.25, 0.3) is 65.9 Å². The Kier molecular flexibility index (Phi) is 6.76. The second-order valence-electron chi connectivity index (χ2n) is 13.5. The second-order valence-corrected chi connectivity index (χ2v) is 13.5. The van der Waals surface area contributed by atoms with Gasteiger partial charge in [-0.05, 0) is 87.7 Å². The van der Waals surface area contributed by atoms with Gasteiger partial charge in [0, 0.05) is 28.4 Å². The molecule has 5 nitrogen and oxygen atoms in total. The maximum absolute atomic E-state index is 6.64. The van der Waals surface area contributed by atoms with Crippen molar-refractivity contribution in [2.24, 2.45) is 0 Å². The number of hydrogen-bond acceptors (Lipinski definition) is 3. The van der Waals surface area contributed by atoms with Gasteiger partial charge in [0.05, 0.1) is 27.8 Å². The summed E-state index contributed by atoms with van der Waals surface area (Å²) in [4.78, 5) is 9.78. The number of imidazole rings is 1. The number of fused-ring (bicyclic) bond motifs is 8. The Morgan fingerprint density at radius 1 is 0.551 bits per heavy atom. The minimum Gasteiger partial charge on any atom is -0.457 e. The van der Waals surface area contributed by atoms with Crippen LogP contribution in [0.2, 0.25) is 0 Å². The predicted molar refractivity (Wildman–Crippen MR) is 203 cm³/mol. The third-order valence-electron chi connectivity index (χ3n) is 9.83. The lowest BCUT2D eigenvalue weighted by Crippen LogP contribution is -2.06. The molecule has 0 fully saturated rings. The number of pyridine rings is 1. The molecule has 3 heterocycles. The normalized spacial score (nSPS) is 12.0. The number of nitrogens with zero attached hydrogens (tertiary/aromatic N) is 4. The zero-order valence-corrected chi connectivity index (χ0v) is 28.1. The van der Waals surface area contributed by atoms with Crippen LogP contribution in [0.1, 0.15) is 50.7 Å². The summed E-state index contributed by atoms with van der Waals surface area (Å²) in [5.74, 6) is 3.20. The highest BCUT2D eigenvalue weighted by atomic mass is 16.5. The third-order valence-corrected chi connectivity index (χ3v) is 9.83. The van der Waals surface area contributed by atoms with Crippen molar-refractivity contribution in [1.29, 1.82) is 0 Å². The van der Waals surface area contributed by atoms with Crippen LogP contribution in [0.3, 0.4) is 0 Å². The number of aromatic nitrogens is 4. The van der Waals surface area contributed by atoms with Gasteiger partial charge in [-0.15, -0.1) is 0 Å². The number of hydrogen-bond donors (Lipinski definition) is 0. The topological polar surface area (TPSA) is 44.9 Å². The summed E-state index contributed by atoms with van der Waals surface area (Å²) in [5, 5.41) is 6.92. The average Bonchev–Trinajstić information content (AvgIpc) is 3.70. The smallest absolute Gasteiger partial charge is 0.137 e. The summed E-state index contributed by atoms with van der Waals surface area (Å²) in [7, 11) is 0. The third kappa shape index (κ3) is 4.68. The highest BCUT2D eigenvalue weighted by molar-refractivity contribution is 6.19. The van der Waals surface area contributed by atoms with Gasteiger partial charge in [-0.25, -0.2) is 9.97 Å². The monoisotopic (exact) mass is 636 g/mol. The van der Waals surface area contributed by atoms with Crippen molar-refractivity contribution in [3.63, 3.8) is 0 Å². The van der Waals surface area contributed by atoms with Gasteiger partial charge >= 0.3 is 0 Å². The molecular formula is C44H36N4O. The van der Waals surface area contributed by atoms with Crippen LogP contribution in [0.15, 0.2) is 134 Å². The van der Waals surface area contributed by atoms with E-state index in [9.17, 15) is 0 Å². The molecule has 0 saturated carbocycles. The summed E-state index contributed by atoms with van der Waals surface area (Å²) >= 11 is 0. The molecule has 9 aromatic rings. The van der Waals surface area contributed by atoms with E-state index in [0.717, 1.165) is 66.3 Å². The molecule has 0 amide bonds. The van der Waals surface area contributed by atoms with Crippen LogP contribution in [-0.4, -0.2) is 19.1 Å². The summed E-state index contributed by atoms with van der Waals surface area (Å²) < 4.78 is 11.2. The van der Waals surface area contributed by atoms with Gasteiger partial charge in [0.2, 0.25) is 0 Å². The van der Waals surface area contributed by atoms with E-state index in [1.807, 2.05) is 30.7 Å². The Labute approximate surface area is 285 Å². The van der Waals surface area contributed by atoms with Crippen molar-refractivity contribution < 1.29 is 4.74 Å². The Bertz CT molecular complexity index is 2670. The number of ether oxygens (including phenoxy) is 1. The fraction of sp³-hybridized carbons (Fsp3) is 0.136. The van der Waals surface area contributed by atoms with Crippen molar-refractivity contribution in [2.45, 2.75) is 39.5 Å². The van der Waals surface area contributed by atoms with Gasteiger partial charge in [0.25, 0.3) is 0 Å². The molecule has 6 aromatic carbocycles. The van der Waals surface area contributed by atoms with E-state index in [1.54, 1.807) is 0 Å². The van der Waals surface area contributed by atoms with E-state index in [1.165, 1.54) is 22.2 Å². The van der Waals surface area contributed by atoms with E-state index in [-0.39, 0.29) is 0 Å². The first-order valence-corrected chi connectivity index (χ1v) is 17.0. The molecule has 0 atom stereocenters. The first-order chi connectivity index (χ1) is 24.0. The number of benzene rings is 6. The molecule has 0 aliphatic carbocycles. The first kappa shape index (κ1) is 29.2. The molecule has 0 bridgehead atoms. The summed E-state index contributed by atoms with van der Waals surface area (Å²) in [6, 6.07) is 42.7. The van der Waals surface area contributed by atoms with Gasteiger partial charge in [0.1, 0.15) is 23.6 Å². The van der Waals surface area contributed by atoms with Crippen molar-refractivity contribution in [3.8, 4) is 23.0 Å². The summed E-state index contributed by atoms with van der Waals surface area (Å²) in [6.45, 7) is 9.07. The van der Waals surface area contributed by atoms with E-state index in [0.29, 0.717) is 11.8 Å². The quantitative estimate of drug-likeness (QED) is 0.171. The molecule has 49 heavy (non-hydrogen) atoms. The van der Waals surface area contributed by atoms with Crippen molar-refractivity contribution >= 4 is 54.4 Å². The molecule has 0 saturated heterocycles. The fourth-order valence-corrected chi connectivity index (χ4v) is 7.51. The molecule has 5 heteroatoms. The molecule has 238 valence electrons. The van der Waals surface area contributed by atoms with Crippen LogP contribution in [0, 0.1) is 0 Å². The maximum Gasteiger partial charge on any atom is 0.137 e. The van der Waals surface area contributed by atoms with Gasteiger partial charge in [0.15, 0.2) is 0 Å². The molecular weight excluding hydrogens is 601 g/mol. The highest BCUT2D eigenvalue weighted by Crippen LogP contribution is 2.39. The molecule has 0 aliphatic rings. The Morgan fingerprint density at radius 3 is 2.04 bits per heavy atom. The lowest BCUT2D eigenvalue weighted by Gasteiger charge is -2.21. The summed E-state index contributed by atoms with van der Waals surface area (Å²) in [5.41, 5.74) is 8.18. The zero-order valence-electron chi connectivity index (χ0n) is 28.1. The van der Waals surface area contributed by atoms with Crippen molar-refractivity contribution in [3.05, 3.63) is 145 Å². The Balaban J connectivity index is 1.19. The Morgan fingerprint density at radius 2 is 1.24 bits per heavy atom. The molecule has 9 rings (SSSR count). The van der Waals surface area contributed by atoms with E-state index < -0.39 is 0 Å². The largest absolute Gasteiger partial charge is 0.457 e. The SMILES string of the molecule is CC(C)c1cccc(C(C)C)c1-n1cnc2c3c(ccc4ccc(Oc5ccc6c7ccccc7n(-c7ccccn7)c6c5)cc43)ccc21. The molecule has 3 aromatic heterocycles. The lowest BCUT2D eigenvalue weighted by atomic mass is 9.92. The minimum absolute atomic E-state index is 0.386.